The fourth-order valence-corrected chi connectivity index (χ4v) is 2.31. The molecule has 116 valence electrons. The molecule has 1 atom stereocenters. The number of likely N-dealkylation sites (N-methyl/N-ethyl adjacent to an activating group) is 1. The number of rotatable bonds is 4. The minimum atomic E-state index is -1.05. The number of aromatic amines is 1. The zero-order chi connectivity index (χ0) is 15.2. The number of carbonyl (C=O) groups excluding carboxylic acids is 1. The highest BCUT2D eigenvalue weighted by molar-refractivity contribution is 5.82. The van der Waals surface area contributed by atoms with Crippen molar-refractivity contribution in [3.8, 4) is 0 Å². The van der Waals surface area contributed by atoms with Gasteiger partial charge in [0.15, 0.2) is 0 Å². The van der Waals surface area contributed by atoms with Gasteiger partial charge in [0, 0.05) is 37.9 Å². The van der Waals surface area contributed by atoms with Crippen LogP contribution in [0.5, 0.6) is 0 Å². The van der Waals surface area contributed by atoms with Crippen molar-refractivity contribution in [2.75, 3.05) is 33.2 Å². The Morgan fingerprint density at radius 3 is 2.90 bits per heavy atom. The number of imidazole rings is 1. The molecule has 1 aromatic heterocycles. The van der Waals surface area contributed by atoms with E-state index < -0.39 is 12.0 Å². The van der Waals surface area contributed by atoms with E-state index in [0.717, 1.165) is 19.5 Å². The molecule has 0 aromatic carbocycles. The fourth-order valence-electron chi connectivity index (χ4n) is 2.31. The van der Waals surface area contributed by atoms with Crippen LogP contribution in [0, 0.1) is 0 Å². The molecule has 8 nitrogen and oxygen atoms in total. The number of aliphatic carboxylic acids is 1. The van der Waals surface area contributed by atoms with Crippen molar-refractivity contribution in [1.82, 2.24) is 25.1 Å². The number of aromatic nitrogens is 2. The summed E-state index contributed by atoms with van der Waals surface area (Å²) in [5.74, 6) is -1.05. The lowest BCUT2D eigenvalue weighted by atomic mass is 10.1. The van der Waals surface area contributed by atoms with Crippen LogP contribution in [0.3, 0.4) is 0 Å². The predicted octanol–water partition coefficient (Wildman–Crippen LogP) is -0.247. The Kier molecular flexibility index (Phi) is 5.15. The van der Waals surface area contributed by atoms with Crippen molar-refractivity contribution in [3.05, 3.63) is 18.2 Å². The molecule has 2 heterocycles. The number of nitrogens with zero attached hydrogens (tertiary/aromatic N) is 3. The van der Waals surface area contributed by atoms with Gasteiger partial charge >= 0.3 is 12.0 Å². The Bertz CT molecular complexity index is 476. The van der Waals surface area contributed by atoms with Crippen LogP contribution in [0.4, 0.5) is 4.79 Å². The van der Waals surface area contributed by atoms with Gasteiger partial charge in [-0.25, -0.2) is 14.6 Å². The van der Waals surface area contributed by atoms with Gasteiger partial charge < -0.3 is 25.2 Å². The van der Waals surface area contributed by atoms with Crippen LogP contribution >= 0.6 is 0 Å². The number of nitrogens with one attached hydrogen (secondary N) is 2. The van der Waals surface area contributed by atoms with Gasteiger partial charge in [0.05, 0.1) is 6.33 Å². The van der Waals surface area contributed by atoms with E-state index in [1.165, 1.54) is 6.33 Å². The summed E-state index contributed by atoms with van der Waals surface area (Å²) in [5, 5.41) is 11.8. The highest BCUT2D eigenvalue weighted by Gasteiger charge is 2.24. The van der Waals surface area contributed by atoms with Crippen molar-refractivity contribution in [1.29, 1.82) is 0 Å². The molecule has 1 aliphatic heterocycles. The maximum atomic E-state index is 12.2. The third-order valence-corrected chi connectivity index (χ3v) is 3.58. The number of amides is 2. The van der Waals surface area contributed by atoms with Gasteiger partial charge in [-0.15, -0.1) is 0 Å². The molecule has 0 aliphatic carbocycles. The molecule has 0 unspecified atom stereocenters. The monoisotopic (exact) mass is 295 g/mol. The molecule has 2 rings (SSSR count). The van der Waals surface area contributed by atoms with E-state index in [4.69, 9.17) is 0 Å². The number of H-pyrrole nitrogens is 1. The van der Waals surface area contributed by atoms with Crippen molar-refractivity contribution in [3.63, 3.8) is 0 Å². The normalized spacial score (nSPS) is 18.0. The second kappa shape index (κ2) is 7.07. The average Bonchev–Trinajstić information content (AvgIpc) is 2.85. The van der Waals surface area contributed by atoms with Crippen LogP contribution in [0.2, 0.25) is 0 Å². The Morgan fingerprint density at radius 2 is 2.24 bits per heavy atom. The largest absolute Gasteiger partial charge is 0.480 e. The number of hydrogen-bond acceptors (Lipinski definition) is 4. The van der Waals surface area contributed by atoms with Crippen LogP contribution < -0.4 is 5.32 Å². The third-order valence-electron chi connectivity index (χ3n) is 3.58. The summed E-state index contributed by atoms with van der Waals surface area (Å²) in [4.78, 5) is 34.0. The van der Waals surface area contributed by atoms with Crippen LogP contribution in [-0.2, 0) is 11.2 Å². The van der Waals surface area contributed by atoms with E-state index >= 15 is 0 Å². The first-order valence-electron chi connectivity index (χ1n) is 7.00. The van der Waals surface area contributed by atoms with Gasteiger partial charge in [-0.2, -0.15) is 0 Å². The van der Waals surface area contributed by atoms with E-state index in [1.807, 2.05) is 7.05 Å². The molecule has 0 spiro atoms. The van der Waals surface area contributed by atoms with Gasteiger partial charge in [-0.1, -0.05) is 0 Å². The van der Waals surface area contributed by atoms with Crippen LogP contribution in [0.1, 0.15) is 12.1 Å². The Balaban J connectivity index is 1.93. The summed E-state index contributed by atoms with van der Waals surface area (Å²) in [7, 11) is 2.01. The number of hydrogen-bond donors (Lipinski definition) is 3. The highest BCUT2D eigenvalue weighted by atomic mass is 16.4. The first-order valence-corrected chi connectivity index (χ1v) is 7.00. The zero-order valence-electron chi connectivity index (χ0n) is 12.1. The van der Waals surface area contributed by atoms with Crippen LogP contribution in [0.25, 0.3) is 0 Å². The molecule has 2 amide bonds. The number of carboxylic acids is 1. The smallest absolute Gasteiger partial charge is 0.326 e. The number of carbonyl (C=O) groups is 2. The lowest BCUT2D eigenvalue weighted by molar-refractivity contribution is -0.139. The van der Waals surface area contributed by atoms with Crippen LogP contribution in [-0.4, -0.2) is 76.1 Å². The second-order valence-corrected chi connectivity index (χ2v) is 5.27. The summed E-state index contributed by atoms with van der Waals surface area (Å²) in [6, 6.07) is -1.28. The van der Waals surface area contributed by atoms with E-state index in [0.29, 0.717) is 18.8 Å². The maximum absolute atomic E-state index is 12.2. The van der Waals surface area contributed by atoms with Gasteiger partial charge in [-0.05, 0) is 20.0 Å². The Morgan fingerprint density at radius 1 is 1.43 bits per heavy atom. The molecular weight excluding hydrogens is 274 g/mol. The molecule has 1 fully saturated rings. The van der Waals surface area contributed by atoms with Crippen molar-refractivity contribution >= 4 is 12.0 Å². The molecule has 8 heteroatoms. The van der Waals surface area contributed by atoms with Crippen molar-refractivity contribution in [2.45, 2.75) is 18.9 Å². The quantitative estimate of drug-likeness (QED) is 0.711. The van der Waals surface area contributed by atoms with Crippen molar-refractivity contribution < 1.29 is 14.7 Å². The molecule has 1 aromatic rings. The molecular formula is C13H21N5O3. The zero-order valence-corrected chi connectivity index (χ0v) is 12.1. The average molecular weight is 295 g/mol. The van der Waals surface area contributed by atoms with Gasteiger partial charge in [-0.3, -0.25) is 0 Å². The summed E-state index contributed by atoms with van der Waals surface area (Å²) in [6.45, 7) is 3.00. The molecule has 3 N–H and O–H groups in total. The second-order valence-electron chi connectivity index (χ2n) is 5.27. The topological polar surface area (TPSA) is 102 Å². The van der Waals surface area contributed by atoms with Crippen molar-refractivity contribution in [2.24, 2.45) is 0 Å². The summed E-state index contributed by atoms with van der Waals surface area (Å²) in [5.41, 5.74) is 0.679. The first-order chi connectivity index (χ1) is 10.1. The summed E-state index contributed by atoms with van der Waals surface area (Å²) < 4.78 is 0. The molecule has 1 aliphatic rings. The number of carboxylic acid groups (broad SMARTS) is 1. The molecule has 21 heavy (non-hydrogen) atoms. The summed E-state index contributed by atoms with van der Waals surface area (Å²) in [6.07, 6.45) is 4.13. The molecule has 0 saturated carbocycles. The lowest BCUT2D eigenvalue weighted by Crippen LogP contribution is -2.49. The highest BCUT2D eigenvalue weighted by Crippen LogP contribution is 2.04. The van der Waals surface area contributed by atoms with Crippen LogP contribution in [0.15, 0.2) is 12.5 Å². The first kappa shape index (κ1) is 15.3. The fraction of sp³-hybridized carbons (Fsp3) is 0.615. The molecule has 0 bridgehead atoms. The third kappa shape index (κ3) is 4.45. The summed E-state index contributed by atoms with van der Waals surface area (Å²) >= 11 is 0. The van der Waals surface area contributed by atoms with E-state index in [1.54, 1.807) is 11.1 Å². The molecule has 0 radical (unpaired) electrons. The Labute approximate surface area is 123 Å². The standard InChI is InChI=1S/C13H21N5O3/c1-17-3-2-4-18(6-5-17)13(21)16-11(12(19)20)7-10-8-14-9-15-10/h8-9,11H,2-7H2,1H3,(H,14,15)(H,16,21)(H,19,20)/t11-/m1/s1. The minimum absolute atomic E-state index is 0.189. The van der Waals surface area contributed by atoms with E-state index in [9.17, 15) is 14.7 Å². The van der Waals surface area contributed by atoms with Gasteiger partial charge in [0.2, 0.25) is 0 Å². The molecule has 1 saturated heterocycles. The van der Waals surface area contributed by atoms with E-state index in [-0.39, 0.29) is 12.5 Å². The van der Waals surface area contributed by atoms with E-state index in [2.05, 4.69) is 20.2 Å². The number of urea groups is 1. The SMILES string of the molecule is CN1CCCN(C(=O)N[C@H](Cc2cnc[nH]2)C(=O)O)CC1. The van der Waals surface area contributed by atoms with Gasteiger partial charge in [0.25, 0.3) is 0 Å². The van der Waals surface area contributed by atoms with Gasteiger partial charge in [0.1, 0.15) is 6.04 Å². The lowest BCUT2D eigenvalue weighted by Gasteiger charge is -2.23. The Hall–Kier alpha value is -2.09. The maximum Gasteiger partial charge on any atom is 0.326 e. The minimum Gasteiger partial charge on any atom is -0.480 e. The predicted molar refractivity (Wildman–Crippen MR) is 75.9 cm³/mol.